The first-order chi connectivity index (χ1) is 10.2. The van der Waals surface area contributed by atoms with E-state index in [0.29, 0.717) is 18.6 Å². The Morgan fingerprint density at radius 3 is 2.81 bits per heavy atom. The highest BCUT2D eigenvalue weighted by Crippen LogP contribution is 2.22. The van der Waals surface area contributed by atoms with Crippen LogP contribution in [-0.4, -0.2) is 38.8 Å². The lowest BCUT2D eigenvalue weighted by atomic mass is 10.00. The number of carbonyl (C=O) groups excluding carboxylic acids is 1. The molecule has 2 unspecified atom stereocenters. The van der Waals surface area contributed by atoms with Crippen LogP contribution in [0, 0.1) is 5.92 Å². The summed E-state index contributed by atoms with van der Waals surface area (Å²) in [4.78, 5) is 11.9. The third-order valence-electron chi connectivity index (χ3n) is 3.81. The molecule has 0 aliphatic carbocycles. The molecule has 2 rings (SSSR count). The summed E-state index contributed by atoms with van der Waals surface area (Å²) >= 11 is 0. The highest BCUT2D eigenvalue weighted by atomic mass is 16.5. The van der Waals surface area contributed by atoms with Crippen molar-refractivity contribution in [1.29, 1.82) is 0 Å². The third kappa shape index (κ3) is 4.72. The van der Waals surface area contributed by atoms with Crippen molar-refractivity contribution >= 4 is 11.6 Å². The van der Waals surface area contributed by atoms with Crippen LogP contribution < -0.4 is 15.4 Å². The zero-order valence-electron chi connectivity index (χ0n) is 12.7. The fourth-order valence-corrected chi connectivity index (χ4v) is 2.63. The van der Waals surface area contributed by atoms with E-state index in [4.69, 9.17) is 9.47 Å². The standard InChI is InChI=1S/C16H24N2O3/c1-3-15-12(8-9-21-15)10-17-11-16(19)18-13-4-6-14(20-2)7-5-13/h4-7,12,15,17H,3,8-11H2,1-2H3,(H,18,19). The molecule has 1 heterocycles. The SMILES string of the molecule is CCC1OCCC1CNCC(=O)Nc1ccc(OC)cc1. The minimum absolute atomic E-state index is 0.0351. The van der Waals surface area contributed by atoms with Crippen molar-refractivity contribution in [2.24, 2.45) is 5.92 Å². The zero-order valence-corrected chi connectivity index (χ0v) is 12.7. The van der Waals surface area contributed by atoms with Crippen molar-refractivity contribution in [3.05, 3.63) is 24.3 Å². The van der Waals surface area contributed by atoms with E-state index in [0.717, 1.165) is 37.4 Å². The monoisotopic (exact) mass is 292 g/mol. The van der Waals surface area contributed by atoms with Gasteiger partial charge in [0.15, 0.2) is 0 Å². The number of rotatable bonds is 7. The lowest BCUT2D eigenvalue weighted by molar-refractivity contribution is -0.115. The van der Waals surface area contributed by atoms with Gasteiger partial charge in [-0.25, -0.2) is 0 Å². The van der Waals surface area contributed by atoms with Crippen molar-refractivity contribution in [2.75, 3.05) is 32.1 Å². The summed E-state index contributed by atoms with van der Waals surface area (Å²) in [6, 6.07) is 7.30. The van der Waals surface area contributed by atoms with Gasteiger partial charge in [-0.05, 0) is 43.0 Å². The predicted molar refractivity (Wildman–Crippen MR) is 82.6 cm³/mol. The van der Waals surface area contributed by atoms with E-state index in [1.54, 1.807) is 7.11 Å². The van der Waals surface area contributed by atoms with Gasteiger partial charge in [-0.3, -0.25) is 4.79 Å². The maximum absolute atomic E-state index is 11.9. The molecule has 0 saturated carbocycles. The van der Waals surface area contributed by atoms with E-state index in [9.17, 15) is 4.79 Å². The molecule has 1 aromatic rings. The summed E-state index contributed by atoms with van der Waals surface area (Å²) in [5.41, 5.74) is 0.776. The van der Waals surface area contributed by atoms with Gasteiger partial charge >= 0.3 is 0 Å². The number of hydrogen-bond donors (Lipinski definition) is 2. The van der Waals surface area contributed by atoms with Gasteiger partial charge < -0.3 is 20.1 Å². The van der Waals surface area contributed by atoms with Gasteiger partial charge in [0.2, 0.25) is 5.91 Å². The molecular weight excluding hydrogens is 268 g/mol. The number of benzene rings is 1. The first kappa shape index (κ1) is 15.8. The van der Waals surface area contributed by atoms with Crippen LogP contribution in [0.4, 0.5) is 5.69 Å². The number of hydrogen-bond acceptors (Lipinski definition) is 4. The van der Waals surface area contributed by atoms with Crippen LogP contribution in [-0.2, 0) is 9.53 Å². The maximum Gasteiger partial charge on any atom is 0.238 e. The molecule has 0 bridgehead atoms. The highest BCUT2D eigenvalue weighted by Gasteiger charge is 2.26. The van der Waals surface area contributed by atoms with Gasteiger partial charge in [0.05, 0.1) is 19.8 Å². The smallest absolute Gasteiger partial charge is 0.238 e. The second-order valence-electron chi connectivity index (χ2n) is 5.27. The van der Waals surface area contributed by atoms with Crippen LogP contribution in [0.5, 0.6) is 5.75 Å². The molecule has 0 spiro atoms. The van der Waals surface area contributed by atoms with Crippen LogP contribution in [0.2, 0.25) is 0 Å². The molecule has 1 aliphatic rings. The molecule has 0 aromatic heterocycles. The minimum Gasteiger partial charge on any atom is -0.497 e. The average molecular weight is 292 g/mol. The number of nitrogens with one attached hydrogen (secondary N) is 2. The third-order valence-corrected chi connectivity index (χ3v) is 3.81. The van der Waals surface area contributed by atoms with Crippen molar-refractivity contribution in [1.82, 2.24) is 5.32 Å². The van der Waals surface area contributed by atoms with Crippen molar-refractivity contribution < 1.29 is 14.3 Å². The minimum atomic E-state index is -0.0351. The van der Waals surface area contributed by atoms with Crippen LogP contribution in [0.1, 0.15) is 19.8 Å². The summed E-state index contributed by atoms with van der Waals surface area (Å²) in [6.07, 6.45) is 2.44. The Kier molecular flexibility index (Phi) is 6.02. The van der Waals surface area contributed by atoms with Crippen LogP contribution >= 0.6 is 0 Å². The normalized spacial score (nSPS) is 21.2. The van der Waals surface area contributed by atoms with Crippen molar-refractivity contribution in [2.45, 2.75) is 25.9 Å². The molecule has 1 amide bonds. The van der Waals surface area contributed by atoms with E-state index in [-0.39, 0.29) is 5.91 Å². The van der Waals surface area contributed by atoms with Crippen molar-refractivity contribution in [3.8, 4) is 5.75 Å². The Morgan fingerprint density at radius 1 is 1.38 bits per heavy atom. The quantitative estimate of drug-likeness (QED) is 0.807. The maximum atomic E-state index is 11.9. The second-order valence-corrected chi connectivity index (χ2v) is 5.27. The second kappa shape index (κ2) is 8.00. The van der Waals surface area contributed by atoms with Crippen LogP contribution in [0.25, 0.3) is 0 Å². The summed E-state index contributed by atoms with van der Waals surface area (Å²) in [5, 5.41) is 6.07. The Hall–Kier alpha value is -1.59. The zero-order chi connectivity index (χ0) is 15.1. The molecule has 1 aromatic carbocycles. The van der Waals surface area contributed by atoms with Gasteiger partial charge in [-0.1, -0.05) is 6.92 Å². The fourth-order valence-electron chi connectivity index (χ4n) is 2.63. The number of carbonyl (C=O) groups is 1. The molecule has 1 aliphatic heterocycles. The van der Waals surface area contributed by atoms with E-state index in [2.05, 4.69) is 17.6 Å². The van der Waals surface area contributed by atoms with E-state index >= 15 is 0 Å². The molecule has 116 valence electrons. The highest BCUT2D eigenvalue weighted by molar-refractivity contribution is 5.92. The van der Waals surface area contributed by atoms with Gasteiger partial charge in [0.25, 0.3) is 0 Å². The Bertz CT molecular complexity index is 447. The molecule has 0 radical (unpaired) electrons. The van der Waals surface area contributed by atoms with Crippen molar-refractivity contribution in [3.63, 3.8) is 0 Å². The Balaban J connectivity index is 1.69. The molecule has 1 fully saturated rings. The molecule has 5 nitrogen and oxygen atoms in total. The molecule has 1 saturated heterocycles. The number of methoxy groups -OCH3 is 1. The molecule has 2 atom stereocenters. The topological polar surface area (TPSA) is 59.6 Å². The number of amides is 1. The lowest BCUT2D eigenvalue weighted by Crippen LogP contribution is -2.34. The first-order valence-corrected chi connectivity index (χ1v) is 7.49. The molecule has 5 heteroatoms. The molecular formula is C16H24N2O3. The van der Waals surface area contributed by atoms with Gasteiger partial charge in [0, 0.05) is 18.8 Å². The first-order valence-electron chi connectivity index (χ1n) is 7.49. The lowest BCUT2D eigenvalue weighted by Gasteiger charge is -2.17. The summed E-state index contributed by atoms with van der Waals surface area (Å²) in [6.45, 7) is 4.12. The molecule has 2 N–H and O–H groups in total. The number of anilines is 1. The Labute approximate surface area is 126 Å². The summed E-state index contributed by atoms with van der Waals surface area (Å²) in [7, 11) is 1.62. The fraction of sp³-hybridized carbons (Fsp3) is 0.562. The van der Waals surface area contributed by atoms with Crippen LogP contribution in [0.15, 0.2) is 24.3 Å². The molecule has 21 heavy (non-hydrogen) atoms. The summed E-state index contributed by atoms with van der Waals surface area (Å²) in [5.74, 6) is 1.26. The largest absolute Gasteiger partial charge is 0.497 e. The van der Waals surface area contributed by atoms with E-state index < -0.39 is 0 Å². The van der Waals surface area contributed by atoms with E-state index in [1.165, 1.54) is 0 Å². The van der Waals surface area contributed by atoms with Gasteiger partial charge in [-0.2, -0.15) is 0 Å². The predicted octanol–water partition coefficient (Wildman–Crippen LogP) is 2.04. The van der Waals surface area contributed by atoms with E-state index in [1.807, 2.05) is 24.3 Å². The Morgan fingerprint density at radius 2 is 2.14 bits per heavy atom. The van der Waals surface area contributed by atoms with Crippen LogP contribution in [0.3, 0.4) is 0 Å². The van der Waals surface area contributed by atoms with Gasteiger partial charge in [-0.15, -0.1) is 0 Å². The summed E-state index contributed by atoms with van der Waals surface area (Å²) < 4.78 is 10.7. The number of ether oxygens (including phenoxy) is 2. The van der Waals surface area contributed by atoms with Gasteiger partial charge in [0.1, 0.15) is 5.75 Å². The average Bonchev–Trinajstić information content (AvgIpc) is 2.95.